The van der Waals surface area contributed by atoms with Gasteiger partial charge in [0.2, 0.25) is 0 Å². The molecule has 0 unspecified atom stereocenters. The van der Waals surface area contributed by atoms with Gasteiger partial charge in [0.1, 0.15) is 12.4 Å². The molecule has 0 atom stereocenters. The number of ether oxygens (including phenoxy) is 2. The minimum atomic E-state index is -0.481. The molecule has 0 spiro atoms. The van der Waals surface area contributed by atoms with E-state index < -0.39 is 5.97 Å². The zero-order valence-electron chi connectivity index (χ0n) is 9.33. The van der Waals surface area contributed by atoms with E-state index in [0.29, 0.717) is 22.4 Å². The van der Waals surface area contributed by atoms with E-state index in [1.165, 1.54) is 0 Å². The molecule has 0 aliphatic heterocycles. The van der Waals surface area contributed by atoms with E-state index in [4.69, 9.17) is 32.7 Å². The van der Waals surface area contributed by atoms with Crippen LogP contribution in [-0.2, 0) is 9.53 Å². The molecule has 1 aromatic carbocycles. The van der Waals surface area contributed by atoms with Gasteiger partial charge in [-0.15, -0.1) is 0 Å². The summed E-state index contributed by atoms with van der Waals surface area (Å²) < 4.78 is 10.1. The highest BCUT2D eigenvalue weighted by Crippen LogP contribution is 2.27. The van der Waals surface area contributed by atoms with Gasteiger partial charge in [-0.05, 0) is 19.1 Å². The van der Waals surface area contributed by atoms with Gasteiger partial charge in [0.15, 0.2) is 0 Å². The fourth-order valence-electron chi connectivity index (χ4n) is 1.04. The van der Waals surface area contributed by atoms with Gasteiger partial charge in [0.25, 0.3) is 0 Å². The summed E-state index contributed by atoms with van der Waals surface area (Å²) in [5.41, 5.74) is 0.225. The second-order valence-electron chi connectivity index (χ2n) is 3.19. The molecule has 0 bridgehead atoms. The molecule has 0 fully saturated rings. The lowest BCUT2D eigenvalue weighted by atomic mass is 10.3. The Bertz CT molecular complexity index is 430. The minimum absolute atomic E-state index is 0.0128. The fourth-order valence-corrected chi connectivity index (χ4v) is 1.38. The lowest BCUT2D eigenvalue weighted by molar-refractivity contribution is -0.138. The van der Waals surface area contributed by atoms with Gasteiger partial charge < -0.3 is 9.47 Å². The van der Waals surface area contributed by atoms with Crippen molar-refractivity contribution in [2.75, 3.05) is 13.2 Å². The van der Waals surface area contributed by atoms with E-state index in [-0.39, 0.29) is 12.2 Å². The molecule has 0 aliphatic carbocycles. The van der Waals surface area contributed by atoms with Crippen molar-refractivity contribution in [3.05, 3.63) is 40.4 Å². The predicted molar refractivity (Wildman–Crippen MR) is 67.7 cm³/mol. The van der Waals surface area contributed by atoms with Crippen LogP contribution in [-0.4, -0.2) is 19.2 Å². The summed E-state index contributed by atoms with van der Waals surface area (Å²) >= 11 is 11.7. The summed E-state index contributed by atoms with van der Waals surface area (Å²) in [5.74, 6) is -0.0738. The summed E-state index contributed by atoms with van der Waals surface area (Å²) in [6.07, 6.45) is 0. The van der Waals surface area contributed by atoms with Gasteiger partial charge in [-0.2, -0.15) is 0 Å². The summed E-state index contributed by atoms with van der Waals surface area (Å²) in [6.45, 7) is 5.60. The molecular formula is C12H12Cl2O3. The van der Waals surface area contributed by atoms with E-state index in [9.17, 15) is 4.79 Å². The zero-order valence-corrected chi connectivity index (χ0v) is 10.8. The predicted octanol–water partition coefficient (Wildman–Crippen LogP) is 3.49. The number of carbonyl (C=O) groups excluding carboxylic acids is 1. The Morgan fingerprint density at radius 2 is 2.12 bits per heavy atom. The van der Waals surface area contributed by atoms with Gasteiger partial charge >= 0.3 is 5.97 Å². The highest BCUT2D eigenvalue weighted by molar-refractivity contribution is 6.34. The van der Waals surface area contributed by atoms with Crippen LogP contribution in [0.3, 0.4) is 0 Å². The van der Waals surface area contributed by atoms with Crippen molar-refractivity contribution in [3.8, 4) is 5.75 Å². The molecule has 17 heavy (non-hydrogen) atoms. The second kappa shape index (κ2) is 6.52. The Morgan fingerprint density at radius 1 is 1.41 bits per heavy atom. The first kappa shape index (κ1) is 13.9. The Hall–Kier alpha value is -1.19. The number of carbonyl (C=O) groups is 1. The number of esters is 1. The van der Waals surface area contributed by atoms with Gasteiger partial charge in [-0.3, -0.25) is 0 Å². The maximum atomic E-state index is 11.3. The first-order valence-electron chi connectivity index (χ1n) is 4.97. The van der Waals surface area contributed by atoms with Crippen molar-refractivity contribution in [3.63, 3.8) is 0 Å². The normalized spacial score (nSPS) is 9.82. The smallest absolute Gasteiger partial charge is 0.336 e. The van der Waals surface area contributed by atoms with Gasteiger partial charge in [0.05, 0.1) is 17.2 Å². The number of hydrogen-bond donors (Lipinski definition) is 0. The third-order valence-corrected chi connectivity index (χ3v) is 2.41. The largest absolute Gasteiger partial charge is 0.487 e. The average molecular weight is 275 g/mol. The minimum Gasteiger partial charge on any atom is -0.487 e. The van der Waals surface area contributed by atoms with Crippen molar-refractivity contribution in [1.29, 1.82) is 0 Å². The monoisotopic (exact) mass is 274 g/mol. The zero-order chi connectivity index (χ0) is 12.8. The third kappa shape index (κ3) is 4.29. The fraction of sp³-hybridized carbons (Fsp3) is 0.250. The SMILES string of the molecule is C=C(COc1cc(Cl)ccc1Cl)C(=O)OCC. The quantitative estimate of drug-likeness (QED) is 0.609. The van der Waals surface area contributed by atoms with Crippen LogP contribution in [0.15, 0.2) is 30.4 Å². The molecule has 0 N–H and O–H groups in total. The molecule has 0 radical (unpaired) electrons. The van der Waals surface area contributed by atoms with E-state index in [2.05, 4.69) is 6.58 Å². The Labute approximate surface area is 110 Å². The van der Waals surface area contributed by atoms with Crippen molar-refractivity contribution in [2.24, 2.45) is 0 Å². The van der Waals surface area contributed by atoms with E-state index in [0.717, 1.165) is 0 Å². The summed E-state index contributed by atoms with van der Waals surface area (Å²) in [5, 5.41) is 0.928. The highest BCUT2D eigenvalue weighted by Gasteiger charge is 2.10. The van der Waals surface area contributed by atoms with Crippen molar-refractivity contribution in [2.45, 2.75) is 6.92 Å². The molecule has 3 nitrogen and oxygen atoms in total. The Kier molecular flexibility index (Phi) is 5.32. The van der Waals surface area contributed by atoms with Crippen molar-refractivity contribution >= 4 is 29.2 Å². The molecule has 0 amide bonds. The molecule has 0 heterocycles. The molecule has 0 aliphatic rings. The maximum Gasteiger partial charge on any atom is 0.336 e. The van der Waals surface area contributed by atoms with E-state index in [1.54, 1.807) is 25.1 Å². The van der Waals surface area contributed by atoms with Crippen LogP contribution in [0.2, 0.25) is 10.0 Å². The molecule has 92 valence electrons. The first-order valence-corrected chi connectivity index (χ1v) is 5.73. The summed E-state index contributed by atoms with van der Waals surface area (Å²) in [7, 11) is 0. The standard InChI is InChI=1S/C12H12Cl2O3/c1-3-16-12(15)8(2)7-17-11-6-9(13)4-5-10(11)14/h4-6H,2-3,7H2,1H3. The molecule has 5 heteroatoms. The van der Waals surface area contributed by atoms with Crippen LogP contribution in [0.5, 0.6) is 5.75 Å². The number of benzene rings is 1. The molecule has 0 saturated carbocycles. The number of hydrogen-bond acceptors (Lipinski definition) is 3. The van der Waals surface area contributed by atoms with Crippen LogP contribution in [0, 0.1) is 0 Å². The van der Waals surface area contributed by atoms with Crippen LogP contribution >= 0.6 is 23.2 Å². The van der Waals surface area contributed by atoms with Crippen molar-refractivity contribution < 1.29 is 14.3 Å². The van der Waals surface area contributed by atoms with Gasteiger partial charge in [-0.1, -0.05) is 29.8 Å². The maximum absolute atomic E-state index is 11.3. The van der Waals surface area contributed by atoms with Crippen LogP contribution in [0.4, 0.5) is 0 Å². The van der Waals surface area contributed by atoms with Crippen LogP contribution in [0.25, 0.3) is 0 Å². The molecule has 0 aromatic heterocycles. The van der Waals surface area contributed by atoms with Crippen LogP contribution in [0.1, 0.15) is 6.92 Å². The van der Waals surface area contributed by atoms with Gasteiger partial charge in [-0.25, -0.2) is 4.79 Å². The molecule has 0 saturated heterocycles. The summed E-state index contributed by atoms with van der Waals surface area (Å²) in [4.78, 5) is 11.3. The number of rotatable bonds is 5. The lowest BCUT2D eigenvalue weighted by Gasteiger charge is -2.09. The number of halogens is 2. The Morgan fingerprint density at radius 3 is 2.76 bits per heavy atom. The molecule has 1 aromatic rings. The van der Waals surface area contributed by atoms with Crippen molar-refractivity contribution in [1.82, 2.24) is 0 Å². The molecular weight excluding hydrogens is 263 g/mol. The third-order valence-electron chi connectivity index (χ3n) is 1.86. The highest BCUT2D eigenvalue weighted by atomic mass is 35.5. The molecule has 1 rings (SSSR count). The summed E-state index contributed by atoms with van der Waals surface area (Å²) in [6, 6.07) is 4.84. The van der Waals surface area contributed by atoms with Gasteiger partial charge in [0, 0.05) is 11.1 Å². The average Bonchev–Trinajstić information content (AvgIpc) is 2.30. The Balaban J connectivity index is 2.58. The first-order chi connectivity index (χ1) is 8.04. The van der Waals surface area contributed by atoms with E-state index >= 15 is 0 Å². The topological polar surface area (TPSA) is 35.5 Å². The van der Waals surface area contributed by atoms with Crippen LogP contribution < -0.4 is 4.74 Å². The lowest BCUT2D eigenvalue weighted by Crippen LogP contribution is -2.13. The second-order valence-corrected chi connectivity index (χ2v) is 4.03. The van der Waals surface area contributed by atoms with E-state index in [1.807, 2.05) is 0 Å².